The van der Waals surface area contributed by atoms with E-state index in [1.54, 1.807) is 11.3 Å². The summed E-state index contributed by atoms with van der Waals surface area (Å²) in [5.41, 5.74) is 3.39. The predicted octanol–water partition coefficient (Wildman–Crippen LogP) is 4.72. The van der Waals surface area contributed by atoms with Gasteiger partial charge in [0, 0.05) is 11.0 Å². The molecule has 0 atom stereocenters. The van der Waals surface area contributed by atoms with E-state index in [9.17, 15) is 4.79 Å². The van der Waals surface area contributed by atoms with Gasteiger partial charge in [-0.2, -0.15) is 4.99 Å². The number of nitrogens with zero attached hydrogens (tertiary/aromatic N) is 2. The number of hydrogen-bond donors (Lipinski definition) is 0. The minimum absolute atomic E-state index is 0.107. The standard InChI is InChI=1S/C19H19BrN2OS/c1-3-13-8-10-14(11-9-13)12-17(23)21-19-22(4-2)18-15(20)6-5-7-16(18)24-19/h5-11H,3-4,12H2,1-2H3. The highest BCUT2D eigenvalue weighted by Crippen LogP contribution is 2.25. The van der Waals surface area contributed by atoms with Crippen LogP contribution in [0.2, 0.25) is 0 Å². The molecule has 1 heterocycles. The van der Waals surface area contributed by atoms with E-state index in [1.165, 1.54) is 5.56 Å². The molecule has 0 aliphatic carbocycles. The normalized spacial score (nSPS) is 12.0. The molecule has 2 aromatic carbocycles. The summed E-state index contributed by atoms with van der Waals surface area (Å²) in [7, 11) is 0. The monoisotopic (exact) mass is 402 g/mol. The SMILES string of the molecule is CCc1ccc(CC(=O)N=c2sc3cccc(Br)c3n2CC)cc1. The van der Waals surface area contributed by atoms with Crippen LogP contribution in [0.1, 0.15) is 25.0 Å². The van der Waals surface area contributed by atoms with E-state index in [2.05, 4.69) is 57.5 Å². The van der Waals surface area contributed by atoms with E-state index in [1.807, 2.05) is 24.3 Å². The summed E-state index contributed by atoms with van der Waals surface area (Å²) in [6.07, 6.45) is 1.34. The number of carbonyl (C=O) groups is 1. The summed E-state index contributed by atoms with van der Waals surface area (Å²) in [5.74, 6) is -0.107. The maximum Gasteiger partial charge on any atom is 0.252 e. The predicted molar refractivity (Wildman–Crippen MR) is 103 cm³/mol. The van der Waals surface area contributed by atoms with Crippen LogP contribution < -0.4 is 4.80 Å². The van der Waals surface area contributed by atoms with Crippen molar-refractivity contribution in [3.05, 3.63) is 62.9 Å². The van der Waals surface area contributed by atoms with Crippen molar-refractivity contribution in [3.8, 4) is 0 Å². The van der Waals surface area contributed by atoms with Gasteiger partial charge in [-0.25, -0.2) is 0 Å². The second-order valence-corrected chi connectivity index (χ2v) is 7.43. The number of hydrogen-bond acceptors (Lipinski definition) is 2. The first-order valence-electron chi connectivity index (χ1n) is 8.05. The first-order valence-corrected chi connectivity index (χ1v) is 9.66. The third-order valence-corrected chi connectivity index (χ3v) is 5.66. The highest BCUT2D eigenvalue weighted by molar-refractivity contribution is 9.10. The van der Waals surface area contributed by atoms with Gasteiger partial charge in [0.05, 0.1) is 16.6 Å². The molecule has 0 radical (unpaired) electrons. The molecule has 0 spiro atoms. The first kappa shape index (κ1) is 17.1. The van der Waals surface area contributed by atoms with Gasteiger partial charge < -0.3 is 4.57 Å². The van der Waals surface area contributed by atoms with Gasteiger partial charge in [0.15, 0.2) is 4.80 Å². The lowest BCUT2D eigenvalue weighted by Crippen LogP contribution is -2.16. The quantitative estimate of drug-likeness (QED) is 0.621. The number of benzene rings is 2. The van der Waals surface area contributed by atoms with Gasteiger partial charge in [-0.15, -0.1) is 0 Å². The Balaban J connectivity index is 1.93. The molecule has 1 amide bonds. The van der Waals surface area contributed by atoms with Crippen LogP contribution in [0.4, 0.5) is 0 Å². The molecule has 0 bridgehead atoms. The van der Waals surface area contributed by atoms with Gasteiger partial charge in [0.1, 0.15) is 0 Å². The number of para-hydroxylation sites is 1. The van der Waals surface area contributed by atoms with Crippen molar-refractivity contribution in [1.29, 1.82) is 0 Å². The summed E-state index contributed by atoms with van der Waals surface area (Å²) in [6.45, 7) is 4.97. The molecule has 0 saturated carbocycles. The Morgan fingerprint density at radius 2 is 1.83 bits per heavy atom. The van der Waals surface area contributed by atoms with Crippen LogP contribution >= 0.6 is 27.3 Å². The molecule has 24 heavy (non-hydrogen) atoms. The molecule has 3 aromatic rings. The molecular formula is C19H19BrN2OS. The van der Waals surface area contributed by atoms with E-state index >= 15 is 0 Å². The molecule has 0 saturated heterocycles. The number of fused-ring (bicyclic) bond motifs is 1. The van der Waals surface area contributed by atoms with Crippen LogP contribution in [-0.4, -0.2) is 10.5 Å². The van der Waals surface area contributed by atoms with E-state index < -0.39 is 0 Å². The largest absolute Gasteiger partial charge is 0.316 e. The number of amides is 1. The third-order valence-electron chi connectivity index (χ3n) is 3.97. The lowest BCUT2D eigenvalue weighted by atomic mass is 10.1. The molecule has 0 aliphatic heterocycles. The van der Waals surface area contributed by atoms with Crippen LogP contribution in [0.5, 0.6) is 0 Å². The highest BCUT2D eigenvalue weighted by atomic mass is 79.9. The van der Waals surface area contributed by atoms with E-state index in [0.717, 1.165) is 38.0 Å². The second-order valence-electron chi connectivity index (χ2n) is 5.57. The molecule has 0 unspecified atom stereocenters. The van der Waals surface area contributed by atoms with Crippen LogP contribution in [0, 0.1) is 0 Å². The van der Waals surface area contributed by atoms with Gasteiger partial charge in [-0.1, -0.05) is 48.6 Å². The molecule has 5 heteroatoms. The van der Waals surface area contributed by atoms with Crippen molar-refractivity contribution in [3.63, 3.8) is 0 Å². The molecule has 124 valence electrons. The lowest BCUT2D eigenvalue weighted by Gasteiger charge is -2.02. The fraction of sp³-hybridized carbons (Fsp3) is 0.263. The smallest absolute Gasteiger partial charge is 0.252 e. The molecule has 0 fully saturated rings. The second kappa shape index (κ2) is 7.45. The summed E-state index contributed by atoms with van der Waals surface area (Å²) in [4.78, 5) is 17.5. The van der Waals surface area contributed by atoms with Crippen molar-refractivity contribution < 1.29 is 4.79 Å². The van der Waals surface area contributed by atoms with Gasteiger partial charge in [0.25, 0.3) is 5.91 Å². The topological polar surface area (TPSA) is 34.4 Å². The van der Waals surface area contributed by atoms with Gasteiger partial charge in [-0.3, -0.25) is 4.79 Å². The van der Waals surface area contributed by atoms with E-state index in [4.69, 9.17) is 0 Å². The lowest BCUT2D eigenvalue weighted by molar-refractivity contribution is -0.117. The maximum absolute atomic E-state index is 12.4. The molecule has 0 N–H and O–H groups in total. The summed E-state index contributed by atoms with van der Waals surface area (Å²) in [6, 6.07) is 14.3. The zero-order valence-electron chi connectivity index (χ0n) is 13.8. The zero-order chi connectivity index (χ0) is 17.1. The highest BCUT2D eigenvalue weighted by Gasteiger charge is 2.09. The number of rotatable bonds is 4. The Hall–Kier alpha value is -1.72. The third kappa shape index (κ3) is 3.52. The summed E-state index contributed by atoms with van der Waals surface area (Å²) < 4.78 is 4.24. The van der Waals surface area contributed by atoms with E-state index in [-0.39, 0.29) is 5.91 Å². The van der Waals surface area contributed by atoms with Crippen LogP contribution in [-0.2, 0) is 24.2 Å². The Labute approximate surface area is 153 Å². The average Bonchev–Trinajstić information content (AvgIpc) is 2.93. The van der Waals surface area contributed by atoms with Gasteiger partial charge in [0.2, 0.25) is 0 Å². The molecule has 1 aromatic heterocycles. The number of aromatic nitrogens is 1. The van der Waals surface area contributed by atoms with Crippen molar-refractivity contribution >= 4 is 43.4 Å². The van der Waals surface area contributed by atoms with Crippen LogP contribution in [0.25, 0.3) is 10.2 Å². The van der Waals surface area contributed by atoms with Crippen molar-refractivity contribution in [2.45, 2.75) is 33.2 Å². The Morgan fingerprint density at radius 1 is 1.12 bits per heavy atom. The number of halogens is 1. The maximum atomic E-state index is 12.4. The van der Waals surface area contributed by atoms with Crippen molar-refractivity contribution in [2.24, 2.45) is 4.99 Å². The fourth-order valence-corrected chi connectivity index (χ4v) is 4.53. The number of thiazole rings is 1. The number of aryl methyl sites for hydroxylation is 2. The van der Waals surface area contributed by atoms with Gasteiger partial charge >= 0.3 is 0 Å². The molecule has 0 aliphatic rings. The minimum atomic E-state index is -0.107. The number of carbonyl (C=O) groups excluding carboxylic acids is 1. The molecule has 3 nitrogen and oxygen atoms in total. The van der Waals surface area contributed by atoms with Crippen LogP contribution in [0.15, 0.2) is 51.9 Å². The van der Waals surface area contributed by atoms with Crippen molar-refractivity contribution in [2.75, 3.05) is 0 Å². The van der Waals surface area contributed by atoms with Crippen LogP contribution in [0.3, 0.4) is 0 Å². The minimum Gasteiger partial charge on any atom is -0.316 e. The van der Waals surface area contributed by atoms with Gasteiger partial charge in [-0.05, 0) is 52.5 Å². The zero-order valence-corrected chi connectivity index (χ0v) is 16.2. The fourth-order valence-electron chi connectivity index (χ4n) is 2.68. The summed E-state index contributed by atoms with van der Waals surface area (Å²) in [5, 5.41) is 0. The Bertz CT molecular complexity index is 938. The molecule has 3 rings (SSSR count). The first-order chi connectivity index (χ1) is 11.6. The summed E-state index contributed by atoms with van der Waals surface area (Å²) >= 11 is 5.15. The Kier molecular flexibility index (Phi) is 5.31. The van der Waals surface area contributed by atoms with Crippen molar-refractivity contribution in [1.82, 2.24) is 4.57 Å². The Morgan fingerprint density at radius 3 is 2.50 bits per heavy atom. The molecular weight excluding hydrogens is 384 g/mol. The van der Waals surface area contributed by atoms with E-state index in [0.29, 0.717) is 6.42 Å². The average molecular weight is 403 g/mol.